The minimum absolute atomic E-state index is 0.194. The molecule has 1 atom stereocenters. The number of nitrogens with zero attached hydrogens (tertiary/aromatic N) is 1. The zero-order valence-corrected chi connectivity index (χ0v) is 9.64. The zero-order valence-electron chi connectivity index (χ0n) is 9.64. The molecule has 1 unspecified atom stereocenters. The molecule has 5 heteroatoms. The van der Waals surface area contributed by atoms with Gasteiger partial charge in [-0.3, -0.25) is 4.79 Å². The van der Waals surface area contributed by atoms with Crippen LogP contribution in [0.4, 0.5) is 0 Å². The topological polar surface area (TPSA) is 79.7 Å². The summed E-state index contributed by atoms with van der Waals surface area (Å²) in [5, 5.41) is 9.12. The maximum Gasteiger partial charge on any atom is 0.289 e. The molecular formula is C11H18N2O3. The molecule has 16 heavy (non-hydrogen) atoms. The Bertz CT molecular complexity index is 347. The Labute approximate surface area is 94.8 Å². The summed E-state index contributed by atoms with van der Waals surface area (Å²) in [7, 11) is 1.68. The summed E-state index contributed by atoms with van der Waals surface area (Å²) >= 11 is 0. The van der Waals surface area contributed by atoms with Gasteiger partial charge in [0.1, 0.15) is 5.76 Å². The van der Waals surface area contributed by atoms with Crippen LogP contribution in [0.5, 0.6) is 0 Å². The highest BCUT2D eigenvalue weighted by atomic mass is 16.4. The summed E-state index contributed by atoms with van der Waals surface area (Å²) in [5.74, 6) is 0.682. The minimum atomic E-state index is -0.411. The lowest BCUT2D eigenvalue weighted by Crippen LogP contribution is -2.29. The number of aliphatic hydroxyl groups is 1. The summed E-state index contributed by atoms with van der Waals surface area (Å²) in [5.41, 5.74) is 5.39. The number of carbonyl (C=O) groups excluding carboxylic acids is 1. The number of rotatable bonds is 5. The number of furan rings is 1. The van der Waals surface area contributed by atoms with E-state index < -0.39 is 6.10 Å². The van der Waals surface area contributed by atoms with E-state index in [1.165, 1.54) is 4.90 Å². The number of nitrogens with two attached hydrogens (primary N) is 1. The predicted molar refractivity (Wildman–Crippen MR) is 59.9 cm³/mol. The Kier molecular flexibility index (Phi) is 4.52. The van der Waals surface area contributed by atoms with Crippen LogP contribution in [0, 0.1) is 0 Å². The summed E-state index contributed by atoms with van der Waals surface area (Å²) in [4.78, 5) is 13.3. The van der Waals surface area contributed by atoms with Gasteiger partial charge in [-0.05, 0) is 25.5 Å². The molecule has 1 aromatic rings. The molecule has 1 heterocycles. The monoisotopic (exact) mass is 226 g/mol. The van der Waals surface area contributed by atoms with Gasteiger partial charge in [0, 0.05) is 13.6 Å². The van der Waals surface area contributed by atoms with Crippen LogP contribution >= 0.6 is 0 Å². The van der Waals surface area contributed by atoms with Gasteiger partial charge in [-0.1, -0.05) is 0 Å². The van der Waals surface area contributed by atoms with Gasteiger partial charge in [0.05, 0.1) is 12.6 Å². The molecule has 0 aliphatic rings. The highest BCUT2D eigenvalue weighted by Crippen LogP contribution is 2.10. The number of hydrogen-bond acceptors (Lipinski definition) is 4. The van der Waals surface area contributed by atoms with Crippen LogP contribution in [0.3, 0.4) is 0 Å². The van der Waals surface area contributed by atoms with Gasteiger partial charge in [0.2, 0.25) is 0 Å². The first-order valence-electron chi connectivity index (χ1n) is 5.27. The van der Waals surface area contributed by atoms with E-state index >= 15 is 0 Å². The molecule has 1 rings (SSSR count). The van der Waals surface area contributed by atoms with Crippen molar-refractivity contribution in [2.75, 3.05) is 13.6 Å². The van der Waals surface area contributed by atoms with Gasteiger partial charge in [0.25, 0.3) is 5.91 Å². The molecule has 0 saturated carbocycles. The van der Waals surface area contributed by atoms with Crippen molar-refractivity contribution in [3.63, 3.8) is 0 Å². The van der Waals surface area contributed by atoms with Crippen molar-refractivity contribution in [3.8, 4) is 0 Å². The van der Waals surface area contributed by atoms with Gasteiger partial charge < -0.3 is 20.2 Å². The molecule has 3 N–H and O–H groups in total. The van der Waals surface area contributed by atoms with Crippen LogP contribution in [-0.2, 0) is 6.54 Å². The van der Waals surface area contributed by atoms with Gasteiger partial charge in [-0.25, -0.2) is 0 Å². The molecule has 90 valence electrons. The Morgan fingerprint density at radius 3 is 2.81 bits per heavy atom. The maximum atomic E-state index is 11.8. The van der Waals surface area contributed by atoms with Gasteiger partial charge in [0.15, 0.2) is 5.76 Å². The molecule has 0 spiro atoms. The van der Waals surface area contributed by atoms with Crippen LogP contribution in [-0.4, -0.2) is 35.6 Å². The highest BCUT2D eigenvalue weighted by Gasteiger charge is 2.15. The maximum absolute atomic E-state index is 11.8. The lowest BCUT2D eigenvalue weighted by Gasteiger charge is -2.16. The molecule has 0 saturated heterocycles. The average Bonchev–Trinajstić information content (AvgIpc) is 2.73. The standard InChI is InChI=1S/C11H18N2O3/c1-8(14)5-6-13(2)11(15)10-4-3-9(7-12)16-10/h3-4,8,14H,5-7,12H2,1-2H3. The Morgan fingerprint density at radius 1 is 1.62 bits per heavy atom. The van der Waals surface area contributed by atoms with Crippen molar-refractivity contribution < 1.29 is 14.3 Å². The van der Waals surface area contributed by atoms with E-state index in [-0.39, 0.29) is 18.2 Å². The first-order valence-corrected chi connectivity index (χ1v) is 5.27. The number of amides is 1. The number of hydrogen-bond donors (Lipinski definition) is 2. The Balaban J connectivity index is 2.56. The Morgan fingerprint density at radius 2 is 2.31 bits per heavy atom. The van der Waals surface area contributed by atoms with Crippen LogP contribution in [0.2, 0.25) is 0 Å². The SMILES string of the molecule is CC(O)CCN(C)C(=O)c1ccc(CN)o1. The van der Waals surface area contributed by atoms with Crippen LogP contribution in [0.25, 0.3) is 0 Å². The predicted octanol–water partition coefficient (Wildman–Crippen LogP) is 0.581. The van der Waals surface area contributed by atoms with Crippen molar-refractivity contribution in [2.45, 2.75) is 26.0 Å². The lowest BCUT2D eigenvalue weighted by molar-refractivity contribution is 0.0736. The second-order valence-electron chi connectivity index (χ2n) is 3.83. The van der Waals surface area contributed by atoms with Crippen molar-refractivity contribution >= 4 is 5.91 Å². The van der Waals surface area contributed by atoms with Crippen LogP contribution in [0.15, 0.2) is 16.5 Å². The van der Waals surface area contributed by atoms with Gasteiger partial charge in [-0.2, -0.15) is 0 Å². The van der Waals surface area contributed by atoms with Crippen molar-refractivity contribution in [3.05, 3.63) is 23.7 Å². The summed E-state index contributed by atoms with van der Waals surface area (Å²) in [6.45, 7) is 2.47. The molecule has 1 aromatic heterocycles. The molecule has 1 amide bonds. The van der Waals surface area contributed by atoms with Crippen molar-refractivity contribution in [2.24, 2.45) is 5.73 Å². The third-order valence-electron chi connectivity index (χ3n) is 2.30. The van der Waals surface area contributed by atoms with E-state index in [9.17, 15) is 4.79 Å². The molecule has 0 fully saturated rings. The summed E-state index contributed by atoms with van der Waals surface area (Å²) in [6, 6.07) is 3.30. The summed E-state index contributed by atoms with van der Waals surface area (Å²) < 4.78 is 5.24. The number of carbonyl (C=O) groups is 1. The molecule has 5 nitrogen and oxygen atoms in total. The van der Waals surface area contributed by atoms with Crippen LogP contribution in [0.1, 0.15) is 29.7 Å². The second-order valence-corrected chi connectivity index (χ2v) is 3.83. The second kappa shape index (κ2) is 5.67. The number of aliphatic hydroxyl groups excluding tert-OH is 1. The van der Waals surface area contributed by atoms with E-state index in [2.05, 4.69) is 0 Å². The fraction of sp³-hybridized carbons (Fsp3) is 0.545. The highest BCUT2D eigenvalue weighted by molar-refractivity contribution is 5.91. The Hall–Kier alpha value is -1.33. The molecule has 0 aliphatic heterocycles. The van der Waals surface area contributed by atoms with E-state index in [4.69, 9.17) is 15.3 Å². The first-order chi connectivity index (χ1) is 7.54. The van der Waals surface area contributed by atoms with Crippen molar-refractivity contribution in [1.82, 2.24) is 4.90 Å². The first kappa shape index (κ1) is 12.7. The molecule has 0 aliphatic carbocycles. The average molecular weight is 226 g/mol. The van der Waals surface area contributed by atoms with E-state index in [1.54, 1.807) is 26.1 Å². The zero-order chi connectivity index (χ0) is 12.1. The molecule has 0 radical (unpaired) electrons. The van der Waals surface area contributed by atoms with E-state index in [0.29, 0.717) is 18.7 Å². The minimum Gasteiger partial charge on any atom is -0.455 e. The third kappa shape index (κ3) is 3.36. The molecular weight excluding hydrogens is 208 g/mol. The van der Waals surface area contributed by atoms with E-state index in [0.717, 1.165) is 0 Å². The fourth-order valence-corrected chi connectivity index (χ4v) is 1.27. The smallest absolute Gasteiger partial charge is 0.289 e. The van der Waals surface area contributed by atoms with Crippen molar-refractivity contribution in [1.29, 1.82) is 0 Å². The van der Waals surface area contributed by atoms with Gasteiger partial charge in [-0.15, -0.1) is 0 Å². The fourth-order valence-electron chi connectivity index (χ4n) is 1.27. The molecule has 0 aromatic carbocycles. The third-order valence-corrected chi connectivity index (χ3v) is 2.30. The van der Waals surface area contributed by atoms with E-state index in [1.807, 2.05) is 0 Å². The largest absolute Gasteiger partial charge is 0.455 e. The van der Waals surface area contributed by atoms with Gasteiger partial charge >= 0.3 is 0 Å². The van der Waals surface area contributed by atoms with Crippen LogP contribution < -0.4 is 5.73 Å². The summed E-state index contributed by atoms with van der Waals surface area (Å²) in [6.07, 6.45) is 0.138. The molecule has 0 bridgehead atoms. The quantitative estimate of drug-likeness (QED) is 0.769. The normalized spacial score (nSPS) is 12.5. The lowest BCUT2D eigenvalue weighted by atomic mass is 10.2.